The van der Waals surface area contributed by atoms with Crippen LogP contribution in [0.15, 0.2) is 83.8 Å². The molecule has 0 fully saturated rings. The average molecular weight is 527 g/mol. The molecule has 0 aliphatic carbocycles. The number of hydrogen-bond donors (Lipinski definition) is 4. The van der Waals surface area contributed by atoms with Crippen molar-refractivity contribution in [3.63, 3.8) is 0 Å². The topological polar surface area (TPSA) is 81.6 Å². The second-order valence-corrected chi connectivity index (χ2v) is 11.0. The van der Waals surface area contributed by atoms with Gasteiger partial charge in [0.2, 0.25) is 5.91 Å². The largest absolute Gasteiger partial charge is 0.511 e. The number of allylic oxidation sites excluding steroid dienone is 6. The number of carbonyl (C=O) groups is 1. The lowest BCUT2D eigenvalue weighted by Crippen LogP contribution is -2.49. The van der Waals surface area contributed by atoms with Gasteiger partial charge in [-0.1, -0.05) is 60.2 Å². The Balaban J connectivity index is 2.56. The summed E-state index contributed by atoms with van der Waals surface area (Å²) in [6, 6.07) is 5.65. The fourth-order valence-electron chi connectivity index (χ4n) is 3.59. The molecule has 0 bridgehead atoms. The molecule has 1 rings (SSSR count). The normalized spacial score (nSPS) is 13.4. The summed E-state index contributed by atoms with van der Waals surface area (Å²) in [6.07, 6.45) is 11.5. The number of benzene rings is 1. The molecule has 0 aromatic heterocycles. The molecule has 1 aromatic rings. The Morgan fingerprint density at radius 2 is 1.51 bits per heavy atom. The molecule has 37 heavy (non-hydrogen) atoms. The number of aromatic hydroxyl groups is 1. The van der Waals surface area contributed by atoms with Crippen molar-refractivity contribution >= 4 is 17.7 Å². The minimum Gasteiger partial charge on any atom is -0.511 e. The van der Waals surface area contributed by atoms with E-state index >= 15 is 0 Å². The van der Waals surface area contributed by atoms with E-state index in [9.17, 15) is 15.0 Å². The van der Waals surface area contributed by atoms with E-state index in [0.717, 1.165) is 37.0 Å². The molecule has 0 aliphatic rings. The van der Waals surface area contributed by atoms with Crippen molar-refractivity contribution in [2.75, 3.05) is 11.5 Å². The van der Waals surface area contributed by atoms with Crippen LogP contribution in [-0.4, -0.2) is 39.7 Å². The third-order valence-corrected chi connectivity index (χ3v) is 6.76. The molecule has 1 unspecified atom stereocenters. The Labute approximate surface area is 228 Å². The molecular weight excluding hydrogens is 480 g/mol. The summed E-state index contributed by atoms with van der Waals surface area (Å²) in [4.78, 5) is 13.0. The second-order valence-electron chi connectivity index (χ2n) is 9.90. The summed E-state index contributed by atoms with van der Waals surface area (Å²) in [7, 11) is 0. The van der Waals surface area contributed by atoms with Gasteiger partial charge in [-0.3, -0.25) is 4.79 Å². The van der Waals surface area contributed by atoms with Crippen LogP contribution < -0.4 is 10.6 Å². The molecule has 4 N–H and O–H groups in total. The molecule has 5 nitrogen and oxygen atoms in total. The molecule has 1 aromatic carbocycles. The number of hydrogen-bond acceptors (Lipinski definition) is 5. The molecule has 0 saturated heterocycles. The second kappa shape index (κ2) is 17.6. The molecular formula is C31H46N2O3S. The minimum absolute atomic E-state index is 0.0611. The van der Waals surface area contributed by atoms with Crippen LogP contribution in [0.5, 0.6) is 5.75 Å². The molecule has 1 amide bonds. The highest BCUT2D eigenvalue weighted by Crippen LogP contribution is 2.15. The number of phenols is 1. The molecule has 0 saturated carbocycles. The quantitative estimate of drug-likeness (QED) is 0.0986. The van der Waals surface area contributed by atoms with E-state index in [2.05, 4.69) is 69.7 Å². The maximum absolute atomic E-state index is 13.0. The zero-order chi connectivity index (χ0) is 27.8. The summed E-state index contributed by atoms with van der Waals surface area (Å²) in [5.41, 5.74) is 5.71. The smallest absolute Gasteiger partial charge is 0.243 e. The SMILES string of the molecule is C=C(C)NC(Cc1ccc(O)cc1)C(=O)N[C@@H](CSC/C=C(\C)CC/C=C(\C)CCC=C(C)C)C(=C)O. The van der Waals surface area contributed by atoms with Crippen molar-refractivity contribution in [1.29, 1.82) is 0 Å². The molecule has 6 heteroatoms. The molecule has 0 heterocycles. The molecule has 0 spiro atoms. The number of rotatable bonds is 17. The monoisotopic (exact) mass is 526 g/mol. The Morgan fingerprint density at radius 3 is 2.08 bits per heavy atom. The van der Waals surface area contributed by atoms with E-state index in [4.69, 9.17) is 0 Å². The first kappa shape index (κ1) is 32.2. The van der Waals surface area contributed by atoms with Gasteiger partial charge in [-0.05, 0) is 78.0 Å². The lowest BCUT2D eigenvalue weighted by atomic mass is 10.0. The zero-order valence-corrected chi connectivity index (χ0v) is 24.1. The van der Waals surface area contributed by atoms with Gasteiger partial charge in [-0.2, -0.15) is 11.8 Å². The lowest BCUT2D eigenvalue weighted by molar-refractivity contribution is -0.123. The van der Waals surface area contributed by atoms with E-state index in [1.54, 1.807) is 43.0 Å². The zero-order valence-electron chi connectivity index (χ0n) is 23.3. The molecule has 2 atom stereocenters. The van der Waals surface area contributed by atoms with Crippen LogP contribution in [0.25, 0.3) is 0 Å². The van der Waals surface area contributed by atoms with Crippen LogP contribution in [0.3, 0.4) is 0 Å². The van der Waals surface area contributed by atoms with E-state index < -0.39 is 12.1 Å². The van der Waals surface area contributed by atoms with E-state index in [0.29, 0.717) is 17.9 Å². The van der Waals surface area contributed by atoms with Crippen LogP contribution in [0, 0.1) is 0 Å². The number of phenolic OH excluding ortho intramolecular Hbond substituents is 1. The van der Waals surface area contributed by atoms with Gasteiger partial charge in [-0.15, -0.1) is 0 Å². The first-order valence-corrected chi connectivity index (χ1v) is 14.0. The van der Waals surface area contributed by atoms with Gasteiger partial charge < -0.3 is 20.8 Å². The third-order valence-electron chi connectivity index (χ3n) is 5.79. The van der Waals surface area contributed by atoms with Gasteiger partial charge in [-0.25, -0.2) is 0 Å². The summed E-state index contributed by atoms with van der Waals surface area (Å²) in [5, 5.41) is 25.6. The minimum atomic E-state index is -0.561. The van der Waals surface area contributed by atoms with E-state index in [1.807, 2.05) is 0 Å². The van der Waals surface area contributed by atoms with Gasteiger partial charge >= 0.3 is 0 Å². The van der Waals surface area contributed by atoms with Crippen LogP contribution in [0.2, 0.25) is 0 Å². The first-order valence-electron chi connectivity index (χ1n) is 12.9. The first-order chi connectivity index (χ1) is 17.5. The third kappa shape index (κ3) is 15.1. The van der Waals surface area contributed by atoms with Gasteiger partial charge in [0, 0.05) is 23.6 Å². The van der Waals surface area contributed by atoms with Crippen molar-refractivity contribution in [3.05, 3.63) is 89.4 Å². The number of nitrogens with one attached hydrogen (secondary N) is 2. The fraction of sp³-hybridized carbons (Fsp3) is 0.452. The highest BCUT2D eigenvalue weighted by atomic mass is 32.2. The maximum Gasteiger partial charge on any atom is 0.243 e. The van der Waals surface area contributed by atoms with Gasteiger partial charge in [0.25, 0.3) is 0 Å². The number of carbonyl (C=O) groups excluding carboxylic acids is 1. The molecule has 204 valence electrons. The fourth-order valence-corrected chi connectivity index (χ4v) is 4.64. The van der Waals surface area contributed by atoms with Crippen molar-refractivity contribution in [2.24, 2.45) is 0 Å². The van der Waals surface area contributed by atoms with Crippen LogP contribution >= 0.6 is 11.8 Å². The molecule has 0 radical (unpaired) electrons. The Hall–Kier alpha value is -2.86. The number of amides is 1. The van der Waals surface area contributed by atoms with Crippen LogP contribution in [0.4, 0.5) is 0 Å². The maximum atomic E-state index is 13.0. The number of aliphatic hydroxyl groups excluding tert-OH is 1. The van der Waals surface area contributed by atoms with Crippen LogP contribution in [0.1, 0.15) is 65.9 Å². The highest BCUT2D eigenvalue weighted by Gasteiger charge is 2.23. The predicted octanol–water partition coefficient (Wildman–Crippen LogP) is 7.14. The van der Waals surface area contributed by atoms with Crippen molar-refractivity contribution in [3.8, 4) is 5.75 Å². The highest BCUT2D eigenvalue weighted by molar-refractivity contribution is 7.99. The van der Waals surface area contributed by atoms with Gasteiger partial charge in [0.05, 0.1) is 6.04 Å². The van der Waals surface area contributed by atoms with Gasteiger partial charge in [0.15, 0.2) is 0 Å². The predicted molar refractivity (Wildman–Crippen MR) is 160 cm³/mol. The van der Waals surface area contributed by atoms with E-state index in [1.165, 1.54) is 16.7 Å². The van der Waals surface area contributed by atoms with Crippen molar-refractivity contribution in [2.45, 2.75) is 78.8 Å². The Kier molecular flexibility index (Phi) is 15.3. The summed E-state index contributed by atoms with van der Waals surface area (Å²) >= 11 is 1.65. The summed E-state index contributed by atoms with van der Waals surface area (Å²) in [6.45, 7) is 17.9. The summed E-state index contributed by atoms with van der Waals surface area (Å²) in [5.74, 6) is 1.20. The van der Waals surface area contributed by atoms with Crippen molar-refractivity contribution < 1.29 is 15.0 Å². The van der Waals surface area contributed by atoms with E-state index in [-0.39, 0.29) is 17.4 Å². The Morgan fingerprint density at radius 1 is 0.919 bits per heavy atom. The van der Waals surface area contributed by atoms with Gasteiger partial charge in [0.1, 0.15) is 17.6 Å². The average Bonchev–Trinajstić information content (AvgIpc) is 2.81. The van der Waals surface area contributed by atoms with Crippen LogP contribution in [-0.2, 0) is 11.2 Å². The molecule has 0 aliphatic heterocycles. The lowest BCUT2D eigenvalue weighted by Gasteiger charge is -2.23. The standard InChI is InChI=1S/C31H46N2O3S/c1-22(2)10-8-11-24(5)12-9-13-25(6)18-19-37-21-30(26(7)34)33-31(36)29(32-23(3)4)20-27-14-16-28(35)17-15-27/h10,12,14-18,29-30,32,34-35H,3,7-9,11,13,19-21H2,1-2,4-6H3,(H,33,36)/b24-12+,25-18+/t29?,30-/m0/s1. The number of aliphatic hydroxyl groups is 1. The number of thioether (sulfide) groups is 1. The Bertz CT molecular complexity index is 973. The van der Waals surface area contributed by atoms with Crippen molar-refractivity contribution in [1.82, 2.24) is 10.6 Å². The summed E-state index contributed by atoms with van der Waals surface area (Å²) < 4.78 is 0.